The fraction of sp³-hybridized carbons (Fsp3) is 0.625. The molecule has 1 heterocycles. The number of ether oxygens (including phenoxy) is 1. The first-order valence-electron chi connectivity index (χ1n) is 3.84. The van der Waals surface area contributed by atoms with Crippen molar-refractivity contribution in [3.8, 4) is 0 Å². The maximum atomic E-state index is 11.0. The van der Waals surface area contributed by atoms with Crippen molar-refractivity contribution in [2.45, 2.75) is 19.1 Å². The maximum Gasteiger partial charge on any atom is 0.315 e. The molecule has 0 aromatic carbocycles. The second-order valence-electron chi connectivity index (χ2n) is 3.02. The standard InChI is InChI=1S/C8H10O3/c9-7-5-3-1-2-4-6(5)8(10)11-7/h1,3,5-6,8,10H,2,4H2. The molecule has 1 N–H and O–H groups in total. The second kappa shape index (κ2) is 2.34. The Labute approximate surface area is 64.7 Å². The van der Waals surface area contributed by atoms with Gasteiger partial charge in [-0.15, -0.1) is 0 Å². The van der Waals surface area contributed by atoms with Gasteiger partial charge in [0, 0.05) is 5.92 Å². The van der Waals surface area contributed by atoms with Crippen molar-refractivity contribution in [3.05, 3.63) is 12.2 Å². The molecule has 11 heavy (non-hydrogen) atoms. The number of rotatable bonds is 0. The van der Waals surface area contributed by atoms with E-state index in [0.29, 0.717) is 0 Å². The topological polar surface area (TPSA) is 46.5 Å². The van der Waals surface area contributed by atoms with Crippen LogP contribution in [-0.2, 0) is 9.53 Å². The summed E-state index contributed by atoms with van der Waals surface area (Å²) >= 11 is 0. The first-order valence-corrected chi connectivity index (χ1v) is 3.84. The van der Waals surface area contributed by atoms with Gasteiger partial charge in [-0.2, -0.15) is 0 Å². The van der Waals surface area contributed by atoms with Crippen LogP contribution in [0.4, 0.5) is 0 Å². The average Bonchev–Trinajstić information content (AvgIpc) is 2.30. The van der Waals surface area contributed by atoms with Crippen molar-refractivity contribution in [1.82, 2.24) is 0 Å². The lowest BCUT2D eigenvalue weighted by atomic mass is 9.86. The van der Waals surface area contributed by atoms with Crippen molar-refractivity contribution < 1.29 is 14.6 Å². The van der Waals surface area contributed by atoms with Crippen LogP contribution < -0.4 is 0 Å². The second-order valence-corrected chi connectivity index (χ2v) is 3.02. The number of carbonyl (C=O) groups is 1. The Morgan fingerprint density at radius 1 is 1.64 bits per heavy atom. The molecule has 0 saturated carbocycles. The minimum atomic E-state index is -0.863. The minimum Gasteiger partial charge on any atom is -0.435 e. The molecule has 0 bridgehead atoms. The van der Waals surface area contributed by atoms with Gasteiger partial charge in [-0.05, 0) is 12.8 Å². The predicted octanol–water partition coefficient (Wildman–Crippen LogP) is 0.444. The molecule has 0 spiro atoms. The number of hydrogen-bond donors (Lipinski definition) is 1. The molecule has 3 unspecified atom stereocenters. The van der Waals surface area contributed by atoms with Crippen LogP contribution in [0.1, 0.15) is 12.8 Å². The van der Waals surface area contributed by atoms with E-state index in [9.17, 15) is 9.90 Å². The Morgan fingerprint density at radius 2 is 2.45 bits per heavy atom. The number of aliphatic hydroxyl groups is 1. The molecule has 3 heteroatoms. The Hall–Kier alpha value is -0.830. The molecular formula is C8H10O3. The Kier molecular flexibility index (Phi) is 1.46. The molecule has 1 saturated heterocycles. The zero-order valence-electron chi connectivity index (χ0n) is 6.06. The van der Waals surface area contributed by atoms with Gasteiger partial charge in [0.25, 0.3) is 0 Å². The van der Waals surface area contributed by atoms with E-state index in [2.05, 4.69) is 4.74 Å². The van der Waals surface area contributed by atoms with E-state index in [1.165, 1.54) is 0 Å². The SMILES string of the molecule is O=C1OC(O)C2CCC=CC12. The minimum absolute atomic E-state index is 0.00694. The molecule has 3 nitrogen and oxygen atoms in total. The number of aliphatic hydroxyl groups excluding tert-OH is 1. The third kappa shape index (κ3) is 0.959. The molecule has 2 aliphatic rings. The fourth-order valence-corrected chi connectivity index (χ4v) is 1.71. The van der Waals surface area contributed by atoms with Crippen molar-refractivity contribution in [2.75, 3.05) is 0 Å². The molecule has 1 aliphatic heterocycles. The monoisotopic (exact) mass is 154 g/mol. The Bertz CT molecular complexity index is 209. The maximum absolute atomic E-state index is 11.0. The van der Waals surface area contributed by atoms with E-state index in [0.717, 1.165) is 12.8 Å². The average molecular weight is 154 g/mol. The summed E-state index contributed by atoms with van der Waals surface area (Å²) < 4.78 is 4.67. The largest absolute Gasteiger partial charge is 0.435 e. The van der Waals surface area contributed by atoms with Crippen molar-refractivity contribution in [3.63, 3.8) is 0 Å². The van der Waals surface area contributed by atoms with E-state index in [1.54, 1.807) is 0 Å². The third-order valence-electron chi connectivity index (χ3n) is 2.35. The van der Waals surface area contributed by atoms with Gasteiger partial charge in [-0.3, -0.25) is 4.79 Å². The fourth-order valence-electron chi connectivity index (χ4n) is 1.71. The molecule has 1 fully saturated rings. The molecule has 2 rings (SSSR count). The molecule has 3 atom stereocenters. The Morgan fingerprint density at radius 3 is 3.18 bits per heavy atom. The quantitative estimate of drug-likeness (QED) is 0.407. The van der Waals surface area contributed by atoms with Crippen LogP contribution in [0.3, 0.4) is 0 Å². The summed E-state index contributed by atoms with van der Waals surface area (Å²) in [5.74, 6) is -0.454. The summed E-state index contributed by atoms with van der Waals surface area (Å²) in [6, 6.07) is 0. The first-order chi connectivity index (χ1) is 5.29. The van der Waals surface area contributed by atoms with Crippen LogP contribution >= 0.6 is 0 Å². The molecule has 60 valence electrons. The highest BCUT2D eigenvalue weighted by atomic mass is 16.6. The lowest BCUT2D eigenvalue weighted by Crippen LogP contribution is -2.21. The lowest BCUT2D eigenvalue weighted by Gasteiger charge is -2.17. The van der Waals surface area contributed by atoms with Crippen LogP contribution in [-0.4, -0.2) is 17.4 Å². The summed E-state index contributed by atoms with van der Waals surface area (Å²) in [7, 11) is 0. The predicted molar refractivity (Wildman–Crippen MR) is 37.5 cm³/mol. The van der Waals surface area contributed by atoms with Crippen LogP contribution in [0.25, 0.3) is 0 Å². The highest BCUT2D eigenvalue weighted by molar-refractivity contribution is 5.77. The zero-order valence-corrected chi connectivity index (χ0v) is 6.06. The molecule has 0 aromatic rings. The van der Waals surface area contributed by atoms with E-state index in [1.807, 2.05) is 12.2 Å². The summed E-state index contributed by atoms with van der Waals surface area (Å²) in [6.07, 6.45) is 4.74. The van der Waals surface area contributed by atoms with Crippen LogP contribution in [0, 0.1) is 11.8 Å². The van der Waals surface area contributed by atoms with Gasteiger partial charge in [0.05, 0.1) is 5.92 Å². The molecule has 1 aliphatic carbocycles. The summed E-state index contributed by atoms with van der Waals surface area (Å²) in [5.41, 5.74) is 0. The van der Waals surface area contributed by atoms with Crippen LogP contribution in [0.2, 0.25) is 0 Å². The van der Waals surface area contributed by atoms with Gasteiger partial charge in [-0.1, -0.05) is 12.2 Å². The molecule has 0 aromatic heterocycles. The molecular weight excluding hydrogens is 144 g/mol. The summed E-state index contributed by atoms with van der Waals surface area (Å²) in [5, 5.41) is 9.22. The normalized spacial score (nSPS) is 41.9. The van der Waals surface area contributed by atoms with E-state index in [-0.39, 0.29) is 17.8 Å². The van der Waals surface area contributed by atoms with E-state index in [4.69, 9.17) is 0 Å². The van der Waals surface area contributed by atoms with Crippen LogP contribution in [0.15, 0.2) is 12.2 Å². The molecule has 0 amide bonds. The zero-order chi connectivity index (χ0) is 7.84. The van der Waals surface area contributed by atoms with Crippen molar-refractivity contribution in [2.24, 2.45) is 11.8 Å². The number of fused-ring (bicyclic) bond motifs is 1. The Balaban J connectivity index is 2.24. The van der Waals surface area contributed by atoms with Gasteiger partial charge in [0.2, 0.25) is 6.29 Å². The number of hydrogen-bond acceptors (Lipinski definition) is 3. The van der Waals surface area contributed by atoms with Crippen molar-refractivity contribution in [1.29, 1.82) is 0 Å². The smallest absolute Gasteiger partial charge is 0.315 e. The van der Waals surface area contributed by atoms with Gasteiger partial charge in [0.15, 0.2) is 0 Å². The number of esters is 1. The highest BCUT2D eigenvalue weighted by Gasteiger charge is 2.42. The number of allylic oxidation sites excluding steroid dienone is 1. The number of carbonyl (C=O) groups excluding carboxylic acids is 1. The number of cyclic esters (lactones) is 1. The van der Waals surface area contributed by atoms with E-state index >= 15 is 0 Å². The highest BCUT2D eigenvalue weighted by Crippen LogP contribution is 2.34. The first kappa shape index (κ1) is 6.85. The van der Waals surface area contributed by atoms with Gasteiger partial charge < -0.3 is 9.84 Å². The van der Waals surface area contributed by atoms with E-state index < -0.39 is 6.29 Å². The van der Waals surface area contributed by atoms with Gasteiger partial charge in [-0.25, -0.2) is 0 Å². The lowest BCUT2D eigenvalue weighted by molar-refractivity contribution is -0.156. The molecule has 0 radical (unpaired) electrons. The van der Waals surface area contributed by atoms with Gasteiger partial charge >= 0.3 is 5.97 Å². The summed E-state index contributed by atoms with van der Waals surface area (Å²) in [6.45, 7) is 0. The van der Waals surface area contributed by atoms with Crippen molar-refractivity contribution >= 4 is 5.97 Å². The summed E-state index contributed by atoms with van der Waals surface area (Å²) in [4.78, 5) is 11.0. The third-order valence-corrected chi connectivity index (χ3v) is 2.35. The van der Waals surface area contributed by atoms with Crippen LogP contribution in [0.5, 0.6) is 0 Å². The van der Waals surface area contributed by atoms with Gasteiger partial charge in [0.1, 0.15) is 0 Å².